The molecule has 0 aliphatic carbocycles. The van der Waals surface area contributed by atoms with Crippen LogP contribution in [0.3, 0.4) is 0 Å². The second-order valence-electron chi connectivity index (χ2n) is 9.87. The van der Waals surface area contributed by atoms with Gasteiger partial charge in [0.25, 0.3) is 0 Å². The third-order valence-corrected chi connectivity index (χ3v) is 8.96. The Labute approximate surface area is 234 Å². The zero-order valence-corrected chi connectivity index (χ0v) is 22.9. The van der Waals surface area contributed by atoms with Gasteiger partial charge in [-0.1, -0.05) is 127 Å². The lowest BCUT2D eigenvalue weighted by atomic mass is 9.99. The van der Waals surface area contributed by atoms with Gasteiger partial charge in [-0.25, -0.2) is 0 Å². The van der Waals surface area contributed by atoms with E-state index in [2.05, 4.69) is 145 Å². The molecular formula is C36H28NO2P. The zero-order chi connectivity index (χ0) is 26.9. The first-order chi connectivity index (χ1) is 19.8. The molecular weight excluding hydrogens is 509 g/mol. The fourth-order valence-corrected chi connectivity index (χ4v) is 7.26. The molecule has 7 aromatic rings. The molecule has 0 aliphatic heterocycles. The van der Waals surface area contributed by atoms with Crippen LogP contribution in [-0.4, -0.2) is 6.54 Å². The van der Waals surface area contributed by atoms with Crippen LogP contribution >= 0.6 is 8.16 Å². The van der Waals surface area contributed by atoms with Crippen LogP contribution in [0.1, 0.15) is 17.2 Å². The molecule has 0 unspecified atom stereocenters. The van der Waals surface area contributed by atoms with E-state index >= 15 is 0 Å². The van der Waals surface area contributed by atoms with E-state index in [1.165, 1.54) is 21.9 Å². The molecule has 1 heterocycles. The van der Waals surface area contributed by atoms with Crippen molar-refractivity contribution in [3.05, 3.63) is 157 Å². The average Bonchev–Trinajstić information content (AvgIpc) is 3.19. The largest absolute Gasteiger partial charge is 0.408 e. The van der Waals surface area contributed by atoms with Crippen molar-refractivity contribution in [2.75, 3.05) is 11.2 Å². The van der Waals surface area contributed by atoms with E-state index in [1.807, 2.05) is 6.08 Å². The average molecular weight is 538 g/mol. The maximum Gasteiger partial charge on any atom is 0.310 e. The van der Waals surface area contributed by atoms with E-state index in [9.17, 15) is 0 Å². The van der Waals surface area contributed by atoms with Crippen molar-refractivity contribution in [2.45, 2.75) is 6.04 Å². The highest BCUT2D eigenvalue weighted by Gasteiger charge is 2.27. The van der Waals surface area contributed by atoms with Crippen molar-refractivity contribution < 1.29 is 8.39 Å². The Hall–Kier alpha value is -4.56. The van der Waals surface area contributed by atoms with Crippen molar-refractivity contribution in [1.82, 2.24) is 0 Å². The van der Waals surface area contributed by atoms with Gasteiger partial charge in [-0.05, 0) is 44.8 Å². The molecule has 0 radical (unpaired) electrons. The third-order valence-electron chi connectivity index (χ3n) is 7.44. The summed E-state index contributed by atoms with van der Waals surface area (Å²) in [7, 11) is -1.58. The second-order valence-corrected chi connectivity index (χ2v) is 11.2. The van der Waals surface area contributed by atoms with Gasteiger partial charge in [-0.2, -0.15) is 4.67 Å². The van der Waals surface area contributed by atoms with Gasteiger partial charge in [0.05, 0.1) is 6.04 Å². The molecule has 194 valence electrons. The molecule has 0 saturated heterocycles. The van der Waals surface area contributed by atoms with Gasteiger partial charge < -0.3 is 8.39 Å². The van der Waals surface area contributed by atoms with E-state index in [0.717, 1.165) is 32.7 Å². The molecule has 0 amide bonds. The quantitative estimate of drug-likeness (QED) is 0.198. The first-order valence-electron chi connectivity index (χ1n) is 13.5. The van der Waals surface area contributed by atoms with Crippen LogP contribution in [0.15, 0.2) is 155 Å². The van der Waals surface area contributed by atoms with Gasteiger partial charge in [0.2, 0.25) is 0 Å². The molecule has 40 heavy (non-hydrogen) atoms. The summed E-state index contributed by atoms with van der Waals surface area (Å²) in [5, 5.41) is 6.79. The second kappa shape index (κ2) is 10.5. The molecule has 3 nitrogen and oxygen atoms in total. The third kappa shape index (κ3) is 4.30. The van der Waals surface area contributed by atoms with Gasteiger partial charge in [0.15, 0.2) is 0 Å². The summed E-state index contributed by atoms with van der Waals surface area (Å²) in [6.07, 6.45) is 1.93. The molecule has 1 aromatic heterocycles. The van der Waals surface area contributed by atoms with E-state index in [4.69, 9.17) is 8.39 Å². The predicted molar refractivity (Wildman–Crippen MR) is 169 cm³/mol. The van der Waals surface area contributed by atoms with Gasteiger partial charge in [-0.3, -0.25) is 0 Å². The lowest BCUT2D eigenvalue weighted by molar-refractivity contribution is 0.612. The lowest BCUT2D eigenvalue weighted by Crippen LogP contribution is -2.27. The molecule has 4 heteroatoms. The highest BCUT2D eigenvalue weighted by molar-refractivity contribution is 7.39. The fourth-order valence-electron chi connectivity index (χ4n) is 5.67. The van der Waals surface area contributed by atoms with Crippen LogP contribution in [0.25, 0.3) is 43.5 Å². The maximum atomic E-state index is 6.96. The normalized spacial score (nSPS) is 11.7. The van der Waals surface area contributed by atoms with Gasteiger partial charge in [0.1, 0.15) is 11.2 Å². The Morgan fingerprint density at radius 2 is 1.02 bits per heavy atom. The van der Waals surface area contributed by atoms with E-state index in [-0.39, 0.29) is 6.04 Å². The summed E-state index contributed by atoms with van der Waals surface area (Å²) in [6, 6.07) is 46.5. The summed E-state index contributed by atoms with van der Waals surface area (Å²) in [5.41, 5.74) is 4.00. The maximum absolute atomic E-state index is 6.96. The number of rotatable bonds is 6. The van der Waals surface area contributed by atoms with Gasteiger partial charge in [0, 0.05) is 17.3 Å². The van der Waals surface area contributed by atoms with Crippen molar-refractivity contribution in [1.29, 1.82) is 0 Å². The fraction of sp³-hybridized carbons (Fsp3) is 0.0556. The predicted octanol–water partition coefficient (Wildman–Crippen LogP) is 10.5. The summed E-state index contributed by atoms with van der Waals surface area (Å²) in [6.45, 7) is 4.71. The Kier molecular flexibility index (Phi) is 6.45. The van der Waals surface area contributed by atoms with Crippen molar-refractivity contribution in [2.24, 2.45) is 0 Å². The van der Waals surface area contributed by atoms with Crippen molar-refractivity contribution >= 4 is 51.6 Å². The van der Waals surface area contributed by atoms with Crippen LogP contribution in [0.2, 0.25) is 0 Å². The molecule has 7 rings (SSSR count). The summed E-state index contributed by atoms with van der Waals surface area (Å²) in [4.78, 5) is 0. The number of nitrogens with zero attached hydrogens (tertiary/aromatic N) is 1. The first-order valence-corrected chi connectivity index (χ1v) is 14.6. The number of hydrogen-bond acceptors (Lipinski definition) is 3. The van der Waals surface area contributed by atoms with Gasteiger partial charge in [-0.15, -0.1) is 6.58 Å². The monoisotopic (exact) mass is 537 g/mol. The highest BCUT2D eigenvalue weighted by atomic mass is 31.1. The first kappa shape index (κ1) is 24.5. The molecule has 6 aromatic carbocycles. The molecule has 0 atom stereocenters. The number of fused-ring (bicyclic) bond motifs is 7. The van der Waals surface area contributed by atoms with Crippen LogP contribution in [0, 0.1) is 0 Å². The molecule has 0 bridgehead atoms. The van der Waals surface area contributed by atoms with Gasteiger partial charge >= 0.3 is 8.16 Å². The van der Waals surface area contributed by atoms with E-state index in [0.29, 0.717) is 6.54 Å². The highest BCUT2D eigenvalue weighted by Crippen LogP contribution is 2.45. The van der Waals surface area contributed by atoms with Crippen molar-refractivity contribution in [3.8, 4) is 0 Å². The Balaban J connectivity index is 1.60. The number of hydrogen-bond donors (Lipinski definition) is 0. The summed E-state index contributed by atoms with van der Waals surface area (Å²) >= 11 is 0. The van der Waals surface area contributed by atoms with Crippen LogP contribution in [-0.2, 0) is 0 Å². The molecule has 0 N–H and O–H groups in total. The van der Waals surface area contributed by atoms with E-state index in [1.54, 1.807) is 0 Å². The minimum Gasteiger partial charge on any atom is -0.408 e. The minimum atomic E-state index is -1.58. The SMILES string of the molecule is C=CCN(C(c1ccccc1)c1ccccc1)p1oc2ccc3ccccc3c2c2c(ccc3ccccc32)o1. The molecule has 0 fully saturated rings. The standard InChI is InChI=1S/C36H28NO2P/c1-2-25-37(36(28-15-5-3-6-16-28)29-17-7-4-8-18-29)40-38-32-23-21-26-13-9-11-19-30(26)34(32)35-31-20-12-10-14-27(31)22-24-33(35)39-40/h2-24,36H,1,25H2. The minimum absolute atomic E-state index is 0.0857. The summed E-state index contributed by atoms with van der Waals surface area (Å²) < 4.78 is 16.2. The van der Waals surface area contributed by atoms with Crippen LogP contribution < -0.4 is 4.67 Å². The molecule has 0 saturated carbocycles. The van der Waals surface area contributed by atoms with Crippen LogP contribution in [0.4, 0.5) is 0 Å². The van der Waals surface area contributed by atoms with Crippen LogP contribution in [0.5, 0.6) is 0 Å². The Bertz CT molecular complexity index is 1880. The van der Waals surface area contributed by atoms with Crippen molar-refractivity contribution in [3.63, 3.8) is 0 Å². The molecule has 0 spiro atoms. The Morgan fingerprint density at radius 3 is 1.50 bits per heavy atom. The lowest BCUT2D eigenvalue weighted by Gasteiger charge is -2.28. The zero-order valence-electron chi connectivity index (χ0n) is 22.0. The summed E-state index contributed by atoms with van der Waals surface area (Å²) in [5.74, 6) is 0. The smallest absolute Gasteiger partial charge is 0.310 e. The Morgan fingerprint density at radius 1 is 0.575 bits per heavy atom. The molecule has 0 aliphatic rings. The topological polar surface area (TPSA) is 29.5 Å². The number of benzene rings is 6. The van der Waals surface area contributed by atoms with E-state index < -0.39 is 8.16 Å².